The molecule has 1 atom stereocenters. The zero-order valence-electron chi connectivity index (χ0n) is 30.7. The van der Waals surface area contributed by atoms with Crippen molar-refractivity contribution in [2.45, 2.75) is 251 Å². The van der Waals surface area contributed by atoms with Crippen LogP contribution in [0.3, 0.4) is 0 Å². The maximum absolute atomic E-state index is 12.3. The molecule has 4 nitrogen and oxygen atoms in total. The fourth-order valence-electron chi connectivity index (χ4n) is 6.56. The highest BCUT2D eigenvalue weighted by molar-refractivity contribution is 5.71. The standard InChI is InChI=1S/C41H80O4/c1-3-5-7-9-11-13-15-17-19-20-21-22-23-24-26-28-30-32-34-36-39(38-40(42)43)45-41(44)37-35-33-31-29-27-25-18-16-14-12-10-8-6-4-2/h39H,3-38H2,1-2H3,(H,42,43). The Morgan fingerprint density at radius 1 is 0.422 bits per heavy atom. The normalized spacial score (nSPS) is 12.0. The van der Waals surface area contributed by atoms with Gasteiger partial charge in [-0.05, 0) is 19.3 Å². The van der Waals surface area contributed by atoms with Crippen molar-refractivity contribution in [1.29, 1.82) is 0 Å². The van der Waals surface area contributed by atoms with E-state index in [1.54, 1.807) is 0 Å². The SMILES string of the molecule is CCCCCCCCCCCCCCCCCCCCCC(CC(=O)O)OC(=O)CCCCCCCCCCCCCCCC. The van der Waals surface area contributed by atoms with Crippen LogP contribution in [0.4, 0.5) is 0 Å². The van der Waals surface area contributed by atoms with Gasteiger partial charge >= 0.3 is 11.9 Å². The van der Waals surface area contributed by atoms with Crippen LogP contribution in [0.1, 0.15) is 245 Å². The van der Waals surface area contributed by atoms with E-state index in [4.69, 9.17) is 4.74 Å². The van der Waals surface area contributed by atoms with E-state index >= 15 is 0 Å². The number of esters is 1. The lowest BCUT2D eigenvalue weighted by Crippen LogP contribution is -2.21. The number of carboxylic acids is 1. The van der Waals surface area contributed by atoms with Crippen molar-refractivity contribution >= 4 is 11.9 Å². The van der Waals surface area contributed by atoms with Crippen molar-refractivity contribution in [3.8, 4) is 0 Å². The molecule has 0 aromatic carbocycles. The van der Waals surface area contributed by atoms with Crippen molar-refractivity contribution in [2.75, 3.05) is 0 Å². The predicted molar refractivity (Wildman–Crippen MR) is 195 cm³/mol. The monoisotopic (exact) mass is 637 g/mol. The number of aliphatic carboxylic acids is 1. The Balaban J connectivity index is 3.57. The molecule has 0 aliphatic carbocycles. The molecule has 0 bridgehead atoms. The highest BCUT2D eigenvalue weighted by atomic mass is 16.5. The third-order valence-corrected chi connectivity index (χ3v) is 9.56. The molecule has 0 fully saturated rings. The Hall–Kier alpha value is -1.06. The Bertz CT molecular complexity index is 604. The molecule has 1 N–H and O–H groups in total. The van der Waals surface area contributed by atoms with Crippen LogP contribution < -0.4 is 0 Å². The average molecular weight is 637 g/mol. The predicted octanol–water partition coefficient (Wildman–Crippen LogP) is 14.1. The molecular weight excluding hydrogens is 556 g/mol. The Morgan fingerprint density at radius 3 is 0.978 bits per heavy atom. The summed E-state index contributed by atoms with van der Waals surface area (Å²) in [5.41, 5.74) is 0. The van der Waals surface area contributed by atoms with Gasteiger partial charge in [0.25, 0.3) is 0 Å². The summed E-state index contributed by atoms with van der Waals surface area (Å²) in [6, 6.07) is 0. The topological polar surface area (TPSA) is 63.6 Å². The molecular formula is C41H80O4. The van der Waals surface area contributed by atoms with Gasteiger partial charge in [0.15, 0.2) is 0 Å². The minimum absolute atomic E-state index is 0.0659. The lowest BCUT2D eigenvalue weighted by Gasteiger charge is -2.16. The van der Waals surface area contributed by atoms with Crippen molar-refractivity contribution in [2.24, 2.45) is 0 Å². The Labute approximate surface area is 282 Å². The first-order chi connectivity index (χ1) is 22.1. The number of ether oxygens (including phenoxy) is 1. The molecule has 0 spiro atoms. The van der Waals surface area contributed by atoms with E-state index < -0.39 is 12.1 Å². The van der Waals surface area contributed by atoms with E-state index in [1.807, 2.05) is 0 Å². The lowest BCUT2D eigenvalue weighted by molar-refractivity contribution is -0.153. The smallest absolute Gasteiger partial charge is 0.307 e. The number of carbonyl (C=O) groups excluding carboxylic acids is 1. The highest BCUT2D eigenvalue weighted by Gasteiger charge is 2.17. The number of carboxylic acid groups (broad SMARTS) is 1. The second kappa shape index (κ2) is 37.4. The van der Waals surface area contributed by atoms with Gasteiger partial charge in [-0.3, -0.25) is 9.59 Å². The number of unbranched alkanes of at least 4 members (excludes halogenated alkanes) is 31. The van der Waals surface area contributed by atoms with Crippen LogP contribution in [-0.4, -0.2) is 23.1 Å². The van der Waals surface area contributed by atoms with Gasteiger partial charge < -0.3 is 9.84 Å². The number of hydrogen-bond donors (Lipinski definition) is 1. The number of rotatable bonds is 38. The third kappa shape index (κ3) is 37.3. The minimum Gasteiger partial charge on any atom is -0.481 e. The van der Waals surface area contributed by atoms with E-state index in [-0.39, 0.29) is 12.4 Å². The summed E-state index contributed by atoms with van der Waals surface area (Å²) in [4.78, 5) is 23.6. The molecule has 0 saturated carbocycles. The molecule has 0 saturated heterocycles. The first-order valence-corrected chi connectivity index (χ1v) is 20.5. The fraction of sp³-hybridized carbons (Fsp3) is 0.951. The maximum Gasteiger partial charge on any atom is 0.307 e. The van der Waals surface area contributed by atoms with Crippen molar-refractivity contribution in [1.82, 2.24) is 0 Å². The summed E-state index contributed by atoms with van der Waals surface area (Å²) in [7, 11) is 0. The van der Waals surface area contributed by atoms with E-state index in [0.29, 0.717) is 12.8 Å². The second-order valence-corrected chi connectivity index (χ2v) is 14.2. The Morgan fingerprint density at radius 2 is 0.689 bits per heavy atom. The molecule has 0 aliphatic heterocycles. The van der Waals surface area contributed by atoms with E-state index in [0.717, 1.165) is 25.7 Å². The van der Waals surface area contributed by atoms with Crippen molar-refractivity contribution in [3.05, 3.63) is 0 Å². The van der Waals surface area contributed by atoms with Gasteiger partial charge in [0.2, 0.25) is 0 Å². The summed E-state index contributed by atoms with van der Waals surface area (Å²) in [6.07, 6.45) is 44.2. The van der Waals surface area contributed by atoms with Crippen LogP contribution in [0.25, 0.3) is 0 Å². The lowest BCUT2D eigenvalue weighted by atomic mass is 10.0. The molecule has 0 amide bonds. The van der Waals surface area contributed by atoms with Crippen LogP contribution in [0.2, 0.25) is 0 Å². The van der Waals surface area contributed by atoms with Crippen LogP contribution in [0, 0.1) is 0 Å². The van der Waals surface area contributed by atoms with Crippen LogP contribution in [0.5, 0.6) is 0 Å². The van der Waals surface area contributed by atoms with Gasteiger partial charge in [0.05, 0.1) is 6.42 Å². The number of hydrogen-bond acceptors (Lipinski definition) is 3. The van der Waals surface area contributed by atoms with E-state index in [1.165, 1.54) is 186 Å². The van der Waals surface area contributed by atoms with Crippen LogP contribution in [0.15, 0.2) is 0 Å². The molecule has 0 radical (unpaired) electrons. The first kappa shape index (κ1) is 43.9. The van der Waals surface area contributed by atoms with Gasteiger partial charge in [-0.15, -0.1) is 0 Å². The maximum atomic E-state index is 12.3. The highest BCUT2D eigenvalue weighted by Crippen LogP contribution is 2.18. The zero-order chi connectivity index (χ0) is 32.9. The number of carbonyl (C=O) groups is 2. The summed E-state index contributed by atoms with van der Waals surface area (Å²) >= 11 is 0. The molecule has 0 rings (SSSR count). The van der Waals surface area contributed by atoms with Gasteiger partial charge in [0.1, 0.15) is 6.10 Å². The molecule has 0 aromatic heterocycles. The molecule has 45 heavy (non-hydrogen) atoms. The van der Waals surface area contributed by atoms with E-state index in [2.05, 4.69) is 13.8 Å². The molecule has 4 heteroatoms. The van der Waals surface area contributed by atoms with Crippen LogP contribution in [-0.2, 0) is 14.3 Å². The first-order valence-electron chi connectivity index (χ1n) is 20.5. The van der Waals surface area contributed by atoms with Gasteiger partial charge in [-0.1, -0.05) is 213 Å². The van der Waals surface area contributed by atoms with Crippen molar-refractivity contribution < 1.29 is 19.4 Å². The van der Waals surface area contributed by atoms with Gasteiger partial charge in [-0.25, -0.2) is 0 Å². The second-order valence-electron chi connectivity index (χ2n) is 14.2. The summed E-state index contributed by atoms with van der Waals surface area (Å²) in [5.74, 6) is -1.08. The molecule has 0 aliphatic rings. The fourth-order valence-corrected chi connectivity index (χ4v) is 6.56. The van der Waals surface area contributed by atoms with Gasteiger partial charge in [-0.2, -0.15) is 0 Å². The molecule has 1 unspecified atom stereocenters. The average Bonchev–Trinajstić information content (AvgIpc) is 3.02. The largest absolute Gasteiger partial charge is 0.481 e. The Kier molecular flexibility index (Phi) is 36.5. The quantitative estimate of drug-likeness (QED) is 0.0541. The van der Waals surface area contributed by atoms with Crippen LogP contribution >= 0.6 is 0 Å². The molecule has 268 valence electrons. The molecule has 0 heterocycles. The summed E-state index contributed by atoms with van der Waals surface area (Å²) < 4.78 is 5.59. The van der Waals surface area contributed by atoms with Crippen molar-refractivity contribution in [3.63, 3.8) is 0 Å². The van der Waals surface area contributed by atoms with Gasteiger partial charge in [0, 0.05) is 6.42 Å². The minimum atomic E-state index is -0.873. The third-order valence-electron chi connectivity index (χ3n) is 9.56. The van der Waals surface area contributed by atoms with E-state index in [9.17, 15) is 14.7 Å². The molecule has 0 aromatic rings. The summed E-state index contributed by atoms with van der Waals surface area (Å²) in [5, 5.41) is 9.27. The summed E-state index contributed by atoms with van der Waals surface area (Å²) in [6.45, 7) is 4.56. The zero-order valence-corrected chi connectivity index (χ0v) is 30.7.